The Morgan fingerprint density at radius 2 is 1.97 bits per heavy atom. The summed E-state index contributed by atoms with van der Waals surface area (Å²) in [5.74, 6) is 0.539. The van der Waals surface area contributed by atoms with Gasteiger partial charge in [0.1, 0.15) is 11.3 Å². The largest absolute Gasteiger partial charge is 0.444 e. The van der Waals surface area contributed by atoms with E-state index in [0.717, 1.165) is 12.8 Å². The summed E-state index contributed by atoms with van der Waals surface area (Å²) >= 11 is 12.1. The van der Waals surface area contributed by atoms with Crippen LogP contribution in [0.15, 0.2) is 30.6 Å². The van der Waals surface area contributed by atoms with Crippen LogP contribution in [-0.2, 0) is 4.74 Å². The number of pyridine rings is 1. The summed E-state index contributed by atoms with van der Waals surface area (Å²) in [6.07, 6.45) is 4.56. The third kappa shape index (κ3) is 5.67. The first kappa shape index (κ1) is 22.4. The van der Waals surface area contributed by atoms with Gasteiger partial charge in [-0.1, -0.05) is 23.2 Å². The molecule has 30 heavy (non-hydrogen) atoms. The molecule has 0 unspecified atom stereocenters. The molecular weight excluding hydrogens is 427 g/mol. The van der Waals surface area contributed by atoms with E-state index >= 15 is 0 Å². The molecule has 2 aromatic heterocycles. The molecule has 7 nitrogen and oxygen atoms in total. The molecule has 0 bridgehead atoms. The van der Waals surface area contributed by atoms with Crippen molar-refractivity contribution in [3.63, 3.8) is 0 Å². The number of piperidine rings is 1. The maximum Gasteiger partial charge on any atom is 0.410 e. The van der Waals surface area contributed by atoms with E-state index in [1.807, 2.05) is 20.8 Å². The maximum atomic E-state index is 12.7. The Hall–Kier alpha value is -2.25. The van der Waals surface area contributed by atoms with Crippen molar-refractivity contribution in [1.82, 2.24) is 19.8 Å². The van der Waals surface area contributed by atoms with Crippen LogP contribution in [0.1, 0.15) is 44.1 Å². The predicted molar refractivity (Wildman–Crippen MR) is 116 cm³/mol. The average molecular weight is 453 g/mol. The van der Waals surface area contributed by atoms with Gasteiger partial charge in [0.05, 0.1) is 10.0 Å². The smallest absolute Gasteiger partial charge is 0.410 e. The van der Waals surface area contributed by atoms with E-state index in [2.05, 4.69) is 10.3 Å². The molecular formula is C21H26Cl2N4O3. The number of amides is 2. The summed E-state index contributed by atoms with van der Waals surface area (Å²) in [6, 6.07) is 5.07. The number of hydrogen-bond acceptors (Lipinski definition) is 4. The Bertz CT molecular complexity index is 915. The highest BCUT2D eigenvalue weighted by atomic mass is 35.5. The van der Waals surface area contributed by atoms with E-state index in [4.69, 9.17) is 27.9 Å². The Kier molecular flexibility index (Phi) is 6.93. The average Bonchev–Trinajstić information content (AvgIpc) is 3.14. The van der Waals surface area contributed by atoms with Crippen molar-refractivity contribution in [3.8, 4) is 5.82 Å². The van der Waals surface area contributed by atoms with Crippen LogP contribution in [0.25, 0.3) is 5.82 Å². The molecule has 0 spiro atoms. The van der Waals surface area contributed by atoms with Crippen molar-refractivity contribution in [2.45, 2.75) is 39.2 Å². The summed E-state index contributed by atoms with van der Waals surface area (Å²) in [5, 5.41) is 3.78. The number of carbonyl (C=O) groups is 2. The zero-order chi connectivity index (χ0) is 21.9. The topological polar surface area (TPSA) is 76.5 Å². The molecule has 1 N–H and O–H groups in total. The fraction of sp³-hybridized carbons (Fsp3) is 0.476. The van der Waals surface area contributed by atoms with Crippen molar-refractivity contribution in [2.24, 2.45) is 5.92 Å². The minimum atomic E-state index is -0.501. The molecule has 1 saturated heterocycles. The number of carbonyl (C=O) groups excluding carboxylic acids is 2. The summed E-state index contributed by atoms with van der Waals surface area (Å²) in [5.41, 5.74) is -0.0588. The van der Waals surface area contributed by atoms with Gasteiger partial charge < -0.3 is 15.0 Å². The summed E-state index contributed by atoms with van der Waals surface area (Å²) in [7, 11) is 0. The monoisotopic (exact) mass is 452 g/mol. The van der Waals surface area contributed by atoms with E-state index in [1.54, 1.807) is 33.9 Å². The SMILES string of the molecule is CC(C)(C)OC(=O)N1CCC(CNC(=O)c2cccn2-c2ncc(Cl)cc2Cl)CC1. The number of ether oxygens (including phenoxy) is 1. The quantitative estimate of drug-likeness (QED) is 0.737. The lowest BCUT2D eigenvalue weighted by molar-refractivity contribution is 0.0183. The lowest BCUT2D eigenvalue weighted by Gasteiger charge is -2.33. The van der Waals surface area contributed by atoms with Gasteiger partial charge in [0, 0.05) is 32.0 Å². The van der Waals surface area contributed by atoms with E-state index in [1.165, 1.54) is 6.20 Å². The van der Waals surface area contributed by atoms with Gasteiger partial charge in [0.2, 0.25) is 0 Å². The summed E-state index contributed by atoms with van der Waals surface area (Å²) < 4.78 is 7.06. The highest BCUT2D eigenvalue weighted by Gasteiger charge is 2.27. The van der Waals surface area contributed by atoms with Crippen LogP contribution in [0.2, 0.25) is 10.0 Å². The number of halogens is 2. The molecule has 1 aliphatic rings. The van der Waals surface area contributed by atoms with Crippen LogP contribution >= 0.6 is 23.2 Å². The minimum Gasteiger partial charge on any atom is -0.444 e. The van der Waals surface area contributed by atoms with Crippen LogP contribution in [-0.4, -0.2) is 51.7 Å². The molecule has 2 aromatic rings. The third-order valence-corrected chi connectivity index (χ3v) is 5.30. The second kappa shape index (κ2) is 9.27. The van der Waals surface area contributed by atoms with E-state index in [-0.39, 0.29) is 12.0 Å². The molecule has 1 fully saturated rings. The normalized spacial score (nSPS) is 15.2. The maximum absolute atomic E-state index is 12.7. The van der Waals surface area contributed by atoms with E-state index in [9.17, 15) is 9.59 Å². The summed E-state index contributed by atoms with van der Waals surface area (Å²) in [6.45, 7) is 7.35. The van der Waals surface area contributed by atoms with Gasteiger partial charge >= 0.3 is 6.09 Å². The molecule has 0 aliphatic carbocycles. The number of rotatable bonds is 4. The molecule has 0 saturated carbocycles. The van der Waals surface area contributed by atoms with Gasteiger partial charge in [-0.15, -0.1) is 0 Å². The first-order chi connectivity index (χ1) is 14.1. The second-order valence-electron chi connectivity index (χ2n) is 8.34. The van der Waals surface area contributed by atoms with Crippen molar-refractivity contribution >= 4 is 35.2 Å². The number of nitrogens with one attached hydrogen (secondary N) is 1. The molecule has 0 radical (unpaired) electrons. The van der Waals surface area contributed by atoms with Crippen molar-refractivity contribution < 1.29 is 14.3 Å². The highest BCUT2D eigenvalue weighted by Crippen LogP contribution is 2.24. The van der Waals surface area contributed by atoms with Gasteiger partial charge in [-0.3, -0.25) is 9.36 Å². The van der Waals surface area contributed by atoms with Gasteiger partial charge in [-0.2, -0.15) is 0 Å². The zero-order valence-electron chi connectivity index (χ0n) is 17.3. The Balaban J connectivity index is 1.54. The number of aromatic nitrogens is 2. The van der Waals surface area contributed by atoms with Gasteiger partial charge in [-0.25, -0.2) is 9.78 Å². The molecule has 162 valence electrons. The number of hydrogen-bond donors (Lipinski definition) is 1. The van der Waals surface area contributed by atoms with Crippen molar-refractivity contribution in [3.05, 3.63) is 46.3 Å². The number of nitrogens with zero attached hydrogens (tertiary/aromatic N) is 3. The lowest BCUT2D eigenvalue weighted by Crippen LogP contribution is -2.43. The van der Waals surface area contributed by atoms with Gasteiger partial charge in [-0.05, 0) is 57.7 Å². The van der Waals surface area contributed by atoms with Crippen LogP contribution in [0.4, 0.5) is 4.79 Å². The predicted octanol–water partition coefficient (Wildman–Crippen LogP) is 4.56. The van der Waals surface area contributed by atoms with Gasteiger partial charge in [0.15, 0.2) is 5.82 Å². The van der Waals surface area contributed by atoms with Crippen LogP contribution in [0.3, 0.4) is 0 Å². The molecule has 0 atom stereocenters. The molecule has 0 aromatic carbocycles. The Morgan fingerprint density at radius 3 is 2.60 bits per heavy atom. The molecule has 2 amide bonds. The van der Waals surface area contributed by atoms with Gasteiger partial charge in [0.25, 0.3) is 5.91 Å². The molecule has 3 rings (SSSR count). The van der Waals surface area contributed by atoms with Crippen molar-refractivity contribution in [2.75, 3.05) is 19.6 Å². The van der Waals surface area contributed by atoms with Crippen LogP contribution in [0, 0.1) is 5.92 Å². The molecule has 9 heteroatoms. The Labute approximate surface area is 186 Å². The fourth-order valence-electron chi connectivity index (χ4n) is 3.31. The molecule has 1 aliphatic heterocycles. The lowest BCUT2D eigenvalue weighted by atomic mass is 9.97. The third-order valence-electron chi connectivity index (χ3n) is 4.82. The second-order valence-corrected chi connectivity index (χ2v) is 9.19. The van der Waals surface area contributed by atoms with Crippen LogP contribution in [0.5, 0.6) is 0 Å². The molecule has 3 heterocycles. The Morgan fingerprint density at radius 1 is 1.27 bits per heavy atom. The fourth-order valence-corrected chi connectivity index (χ4v) is 3.78. The first-order valence-electron chi connectivity index (χ1n) is 9.89. The minimum absolute atomic E-state index is 0.206. The van der Waals surface area contributed by atoms with Crippen LogP contribution < -0.4 is 5.32 Å². The van der Waals surface area contributed by atoms with E-state index in [0.29, 0.717) is 47.1 Å². The zero-order valence-corrected chi connectivity index (χ0v) is 18.8. The van der Waals surface area contributed by atoms with Crippen molar-refractivity contribution in [1.29, 1.82) is 0 Å². The standard InChI is InChI=1S/C21H26Cl2N4O3/c1-21(2,3)30-20(29)26-9-6-14(7-10-26)12-25-19(28)17-5-4-8-27(17)18-16(23)11-15(22)13-24-18/h4-5,8,11,13-14H,6-7,9-10,12H2,1-3H3,(H,25,28). The number of likely N-dealkylation sites (tertiary alicyclic amines) is 1. The summed E-state index contributed by atoms with van der Waals surface area (Å²) in [4.78, 5) is 30.9. The first-order valence-corrected chi connectivity index (χ1v) is 10.6. The van der Waals surface area contributed by atoms with E-state index < -0.39 is 5.60 Å². The highest BCUT2D eigenvalue weighted by molar-refractivity contribution is 6.35.